The monoisotopic (exact) mass is 260 g/mol. The molecule has 0 radical (unpaired) electrons. The molecule has 7 nitrogen and oxygen atoms in total. The zero-order chi connectivity index (χ0) is 14.3. The van der Waals surface area contributed by atoms with Crippen LogP contribution in [0.25, 0.3) is 0 Å². The highest BCUT2D eigenvalue weighted by Crippen LogP contribution is 2.06. The first kappa shape index (κ1) is 16.4. The largest absolute Gasteiger partial charge is 0.444 e. The summed E-state index contributed by atoms with van der Waals surface area (Å²) in [5.41, 5.74) is -0.610. The van der Waals surface area contributed by atoms with Gasteiger partial charge in [-0.15, -0.1) is 0 Å². The highest BCUT2D eigenvalue weighted by Gasteiger charge is 2.24. The van der Waals surface area contributed by atoms with Crippen molar-refractivity contribution < 1.29 is 23.9 Å². The molecule has 1 N–H and O–H groups in total. The minimum absolute atomic E-state index is 0.00537. The number of carbonyl (C=O) groups is 3. The summed E-state index contributed by atoms with van der Waals surface area (Å²) >= 11 is 0. The topological polar surface area (TPSA) is 84.9 Å². The summed E-state index contributed by atoms with van der Waals surface area (Å²) in [6, 6.07) is -0.747. The van der Waals surface area contributed by atoms with Crippen molar-refractivity contribution in [2.24, 2.45) is 0 Å². The van der Waals surface area contributed by atoms with Crippen molar-refractivity contribution >= 4 is 18.5 Å². The number of nitrogens with zero attached hydrogens (tertiary/aromatic N) is 1. The van der Waals surface area contributed by atoms with Crippen molar-refractivity contribution in [3.05, 3.63) is 0 Å². The van der Waals surface area contributed by atoms with E-state index in [2.05, 4.69) is 10.1 Å². The Kier molecular flexibility index (Phi) is 6.32. The molecule has 7 heteroatoms. The Morgan fingerprint density at radius 3 is 2.28 bits per heavy atom. The molecule has 0 aromatic carbocycles. The lowest BCUT2D eigenvalue weighted by atomic mass is 10.2. The molecule has 0 heterocycles. The van der Waals surface area contributed by atoms with Crippen LogP contribution < -0.4 is 5.32 Å². The van der Waals surface area contributed by atoms with E-state index in [-0.39, 0.29) is 13.0 Å². The normalized spacial score (nSPS) is 12.8. The maximum Gasteiger partial charge on any atom is 0.407 e. The molecular formula is C11H20N2O5. The van der Waals surface area contributed by atoms with Crippen LogP contribution in [0.2, 0.25) is 0 Å². The van der Waals surface area contributed by atoms with Crippen LogP contribution in [0.15, 0.2) is 0 Å². The second-order valence-electron chi connectivity index (χ2n) is 4.90. The van der Waals surface area contributed by atoms with Gasteiger partial charge in [0.15, 0.2) is 0 Å². The molecule has 0 aromatic heterocycles. The molecule has 0 aliphatic carbocycles. The van der Waals surface area contributed by atoms with Crippen molar-refractivity contribution in [2.75, 3.05) is 20.6 Å². The van der Waals surface area contributed by atoms with Crippen LogP contribution in [-0.2, 0) is 19.1 Å². The van der Waals surface area contributed by atoms with Gasteiger partial charge in [0.1, 0.15) is 11.6 Å². The quantitative estimate of drug-likeness (QED) is 0.430. The van der Waals surface area contributed by atoms with Crippen LogP contribution >= 0.6 is 0 Å². The molecule has 0 bridgehead atoms. The van der Waals surface area contributed by atoms with Gasteiger partial charge >= 0.3 is 18.5 Å². The van der Waals surface area contributed by atoms with Crippen LogP contribution in [-0.4, -0.2) is 55.7 Å². The minimum atomic E-state index is -0.747. The van der Waals surface area contributed by atoms with Crippen LogP contribution in [0.4, 0.5) is 4.79 Å². The predicted octanol–water partition coefficient (Wildman–Crippen LogP) is 0.141. The zero-order valence-corrected chi connectivity index (χ0v) is 11.4. The van der Waals surface area contributed by atoms with E-state index >= 15 is 0 Å². The summed E-state index contributed by atoms with van der Waals surface area (Å²) in [5.74, 6) is -0.731. The van der Waals surface area contributed by atoms with Gasteiger partial charge in [-0.3, -0.25) is 9.69 Å². The number of alkyl carbamates (subject to hydrolysis) is 1. The van der Waals surface area contributed by atoms with E-state index in [1.54, 1.807) is 34.9 Å². The third-order valence-corrected chi connectivity index (χ3v) is 1.90. The molecule has 0 aromatic rings. The van der Waals surface area contributed by atoms with Gasteiger partial charge in [0.05, 0.1) is 0 Å². The van der Waals surface area contributed by atoms with Gasteiger partial charge in [0.25, 0.3) is 0 Å². The highest BCUT2D eigenvalue weighted by atomic mass is 16.6. The van der Waals surface area contributed by atoms with E-state index in [1.807, 2.05) is 0 Å². The van der Waals surface area contributed by atoms with Crippen LogP contribution in [0.1, 0.15) is 20.8 Å². The summed E-state index contributed by atoms with van der Waals surface area (Å²) in [6.45, 7) is 5.25. The molecule has 1 amide bonds. The first-order valence-corrected chi connectivity index (χ1v) is 5.45. The summed E-state index contributed by atoms with van der Waals surface area (Å²) < 4.78 is 9.26. The van der Waals surface area contributed by atoms with Gasteiger partial charge < -0.3 is 14.8 Å². The van der Waals surface area contributed by atoms with Crippen molar-refractivity contribution in [2.45, 2.75) is 32.4 Å². The highest BCUT2D eigenvalue weighted by molar-refractivity contribution is 5.82. The van der Waals surface area contributed by atoms with Crippen molar-refractivity contribution in [3.8, 4) is 0 Å². The van der Waals surface area contributed by atoms with Crippen LogP contribution in [0, 0.1) is 0 Å². The Morgan fingerprint density at radius 1 is 1.33 bits per heavy atom. The molecule has 0 aliphatic rings. The molecule has 0 aliphatic heterocycles. The SMILES string of the molecule is CN(C)[C@@H](CNC(=O)OC(C)(C)C)C(=O)OC=O. The molecule has 18 heavy (non-hydrogen) atoms. The number of ether oxygens (including phenoxy) is 2. The maximum absolute atomic E-state index is 11.4. The summed E-state index contributed by atoms with van der Waals surface area (Å²) in [4.78, 5) is 34.4. The van der Waals surface area contributed by atoms with E-state index in [0.717, 1.165) is 0 Å². The molecule has 0 rings (SSSR count). The first-order chi connectivity index (χ1) is 8.17. The number of hydrogen-bond acceptors (Lipinski definition) is 6. The maximum atomic E-state index is 11.4. The number of nitrogens with one attached hydrogen (secondary N) is 1. The molecule has 0 saturated carbocycles. The standard InChI is InChI=1S/C11H20N2O5/c1-11(2,3)18-10(16)12-6-8(13(4)5)9(15)17-7-14/h7-8H,6H2,1-5H3,(H,12,16)/t8-/m0/s1. The van der Waals surface area contributed by atoms with E-state index in [9.17, 15) is 14.4 Å². The molecule has 104 valence electrons. The molecule has 0 saturated heterocycles. The second-order valence-corrected chi connectivity index (χ2v) is 4.90. The fraction of sp³-hybridized carbons (Fsp3) is 0.727. The Morgan fingerprint density at radius 2 is 1.89 bits per heavy atom. The predicted molar refractivity (Wildman–Crippen MR) is 63.9 cm³/mol. The Balaban J connectivity index is 4.32. The third-order valence-electron chi connectivity index (χ3n) is 1.90. The fourth-order valence-electron chi connectivity index (χ4n) is 1.10. The first-order valence-electron chi connectivity index (χ1n) is 5.45. The summed E-state index contributed by atoms with van der Waals surface area (Å²) in [7, 11) is 3.26. The van der Waals surface area contributed by atoms with E-state index in [1.165, 1.54) is 4.90 Å². The number of amides is 1. The van der Waals surface area contributed by atoms with E-state index < -0.39 is 23.7 Å². The molecule has 0 unspecified atom stereocenters. The van der Waals surface area contributed by atoms with Crippen molar-refractivity contribution in [1.82, 2.24) is 10.2 Å². The molecule has 0 spiro atoms. The number of carbonyl (C=O) groups excluding carboxylic acids is 3. The lowest BCUT2D eigenvalue weighted by molar-refractivity contribution is -0.155. The summed E-state index contributed by atoms with van der Waals surface area (Å²) in [6.07, 6.45) is -0.631. The zero-order valence-electron chi connectivity index (χ0n) is 11.4. The van der Waals surface area contributed by atoms with Gasteiger partial charge in [0, 0.05) is 6.54 Å². The van der Waals surface area contributed by atoms with Crippen LogP contribution in [0.3, 0.4) is 0 Å². The van der Waals surface area contributed by atoms with Crippen molar-refractivity contribution in [1.29, 1.82) is 0 Å². The number of rotatable bonds is 5. The van der Waals surface area contributed by atoms with E-state index in [4.69, 9.17) is 4.74 Å². The van der Waals surface area contributed by atoms with Gasteiger partial charge in [0.2, 0.25) is 0 Å². The summed E-state index contributed by atoms with van der Waals surface area (Å²) in [5, 5.41) is 2.44. The fourth-order valence-corrected chi connectivity index (χ4v) is 1.10. The Hall–Kier alpha value is -1.63. The lowest BCUT2D eigenvalue weighted by Crippen LogP contribution is -2.47. The third kappa shape index (κ3) is 6.85. The molecule has 1 atom stereocenters. The Bertz CT molecular complexity index is 309. The number of likely N-dealkylation sites (N-methyl/N-ethyl adjacent to an activating group) is 1. The van der Waals surface area contributed by atoms with Crippen molar-refractivity contribution in [3.63, 3.8) is 0 Å². The molecule has 0 fully saturated rings. The van der Waals surface area contributed by atoms with Crippen LogP contribution in [0.5, 0.6) is 0 Å². The van der Waals surface area contributed by atoms with Gasteiger partial charge in [-0.25, -0.2) is 9.59 Å². The average Bonchev–Trinajstić information content (AvgIpc) is 2.14. The second kappa shape index (κ2) is 6.95. The van der Waals surface area contributed by atoms with Gasteiger partial charge in [-0.2, -0.15) is 0 Å². The smallest absolute Gasteiger partial charge is 0.407 e. The molecular weight excluding hydrogens is 240 g/mol. The number of esters is 1. The Labute approximate surface area is 106 Å². The van der Waals surface area contributed by atoms with E-state index in [0.29, 0.717) is 0 Å². The lowest BCUT2D eigenvalue weighted by Gasteiger charge is -2.23. The average molecular weight is 260 g/mol. The number of hydrogen-bond donors (Lipinski definition) is 1. The van der Waals surface area contributed by atoms with Gasteiger partial charge in [-0.1, -0.05) is 0 Å². The minimum Gasteiger partial charge on any atom is -0.444 e. The van der Waals surface area contributed by atoms with Gasteiger partial charge in [-0.05, 0) is 34.9 Å².